The average molecular weight is 405 g/mol. The molecule has 152 valence electrons. The minimum atomic E-state index is -0.177. The summed E-state index contributed by atoms with van der Waals surface area (Å²) in [4.78, 5) is 27.3. The largest absolute Gasteiger partial charge is 0.311 e. The highest BCUT2D eigenvalue weighted by Crippen LogP contribution is 2.34. The lowest BCUT2D eigenvalue weighted by molar-refractivity contribution is 0.0894. The topological polar surface area (TPSA) is 37.4 Å². The third-order valence-electron chi connectivity index (χ3n) is 5.14. The van der Waals surface area contributed by atoms with E-state index in [0.29, 0.717) is 11.1 Å². The quantitative estimate of drug-likeness (QED) is 0.247. The first-order valence-corrected chi connectivity index (χ1v) is 10.3. The molecule has 4 rings (SSSR count). The molecule has 0 aliphatic heterocycles. The highest BCUT2D eigenvalue weighted by Gasteiger charge is 2.16. The first-order valence-electron chi connectivity index (χ1n) is 10.3. The van der Waals surface area contributed by atoms with E-state index in [1.54, 1.807) is 18.2 Å². The minimum Gasteiger partial charge on any atom is -0.311 e. The molecular weight excluding hydrogens is 382 g/mol. The van der Waals surface area contributed by atoms with Crippen LogP contribution < -0.4 is 4.90 Å². The van der Waals surface area contributed by atoms with Crippen LogP contribution in [0, 0.1) is 6.92 Å². The van der Waals surface area contributed by atoms with Crippen LogP contribution in [0.2, 0.25) is 0 Å². The summed E-state index contributed by atoms with van der Waals surface area (Å²) in [6, 6.07) is 34.9. The standard InChI is InChI=1S/C28H23NO2/c1-21-9-8-10-23(19-21)28(31)20-27(30)22-15-17-26(18-16-22)29(24-11-4-2-5-12-24)25-13-6-3-7-14-25/h2-19H,20H2,1H3. The van der Waals surface area contributed by atoms with Gasteiger partial charge in [0.05, 0.1) is 6.42 Å². The maximum atomic E-state index is 12.7. The van der Waals surface area contributed by atoms with Crippen LogP contribution in [0.15, 0.2) is 109 Å². The van der Waals surface area contributed by atoms with Crippen molar-refractivity contribution in [3.05, 3.63) is 126 Å². The Morgan fingerprint density at radius 1 is 0.581 bits per heavy atom. The van der Waals surface area contributed by atoms with Gasteiger partial charge in [-0.3, -0.25) is 9.59 Å². The van der Waals surface area contributed by atoms with Crippen LogP contribution in [0.5, 0.6) is 0 Å². The highest BCUT2D eigenvalue weighted by atomic mass is 16.1. The lowest BCUT2D eigenvalue weighted by Gasteiger charge is -2.25. The summed E-state index contributed by atoms with van der Waals surface area (Å²) in [6.07, 6.45) is -0.135. The number of hydrogen-bond donors (Lipinski definition) is 0. The van der Waals surface area contributed by atoms with Gasteiger partial charge in [0, 0.05) is 28.2 Å². The Labute approximate surface area is 182 Å². The Balaban J connectivity index is 1.57. The number of benzene rings is 4. The second-order valence-corrected chi connectivity index (χ2v) is 7.45. The fourth-order valence-corrected chi connectivity index (χ4v) is 3.57. The molecule has 0 N–H and O–H groups in total. The third kappa shape index (κ3) is 4.78. The molecule has 0 heterocycles. The van der Waals surface area contributed by atoms with Gasteiger partial charge in [0.15, 0.2) is 11.6 Å². The zero-order chi connectivity index (χ0) is 21.6. The van der Waals surface area contributed by atoms with Crippen LogP contribution in [0.3, 0.4) is 0 Å². The SMILES string of the molecule is Cc1cccc(C(=O)CC(=O)c2ccc(N(c3ccccc3)c3ccccc3)cc2)c1. The zero-order valence-corrected chi connectivity index (χ0v) is 17.4. The number of anilines is 3. The van der Waals surface area contributed by atoms with Crippen LogP contribution in [-0.4, -0.2) is 11.6 Å². The number of hydrogen-bond acceptors (Lipinski definition) is 3. The summed E-state index contributed by atoms with van der Waals surface area (Å²) in [6.45, 7) is 1.93. The molecule has 4 aromatic rings. The molecule has 0 aliphatic carbocycles. The van der Waals surface area contributed by atoms with Gasteiger partial charge in [0.1, 0.15) is 0 Å². The van der Waals surface area contributed by atoms with Crippen LogP contribution in [0.4, 0.5) is 17.1 Å². The van der Waals surface area contributed by atoms with E-state index in [1.807, 2.05) is 97.9 Å². The van der Waals surface area contributed by atoms with E-state index >= 15 is 0 Å². The maximum absolute atomic E-state index is 12.7. The van der Waals surface area contributed by atoms with Crippen molar-refractivity contribution in [2.75, 3.05) is 4.90 Å². The van der Waals surface area contributed by atoms with Gasteiger partial charge in [0.2, 0.25) is 0 Å². The van der Waals surface area contributed by atoms with E-state index < -0.39 is 0 Å². The fraction of sp³-hybridized carbons (Fsp3) is 0.0714. The van der Waals surface area contributed by atoms with Crippen molar-refractivity contribution in [2.24, 2.45) is 0 Å². The molecule has 0 unspecified atom stereocenters. The molecule has 0 spiro atoms. The number of Topliss-reactive ketones (excluding diaryl/α,β-unsaturated/α-hetero) is 2. The highest BCUT2D eigenvalue weighted by molar-refractivity contribution is 6.13. The zero-order valence-electron chi connectivity index (χ0n) is 17.4. The summed E-state index contributed by atoms with van der Waals surface area (Å²) >= 11 is 0. The van der Waals surface area contributed by atoms with Crippen molar-refractivity contribution in [1.29, 1.82) is 0 Å². The molecule has 3 nitrogen and oxygen atoms in total. The van der Waals surface area contributed by atoms with Crippen molar-refractivity contribution >= 4 is 28.6 Å². The normalized spacial score (nSPS) is 10.5. The number of ketones is 2. The molecule has 0 amide bonds. The smallest absolute Gasteiger partial charge is 0.170 e. The van der Waals surface area contributed by atoms with Crippen LogP contribution in [0.25, 0.3) is 0 Å². The predicted octanol–water partition coefficient (Wildman–Crippen LogP) is 6.92. The van der Waals surface area contributed by atoms with E-state index in [2.05, 4.69) is 4.90 Å². The molecule has 0 atom stereocenters. The lowest BCUT2D eigenvalue weighted by Crippen LogP contribution is -2.11. The summed E-state index contributed by atoms with van der Waals surface area (Å²) in [7, 11) is 0. The molecule has 0 bridgehead atoms. The Kier molecular flexibility index (Phi) is 6.04. The van der Waals surface area contributed by atoms with Gasteiger partial charge in [-0.15, -0.1) is 0 Å². The van der Waals surface area contributed by atoms with E-state index in [9.17, 15) is 9.59 Å². The summed E-state index contributed by atoms with van der Waals surface area (Å²) < 4.78 is 0. The molecule has 31 heavy (non-hydrogen) atoms. The van der Waals surface area contributed by atoms with Gasteiger partial charge in [-0.1, -0.05) is 60.2 Å². The number of nitrogens with zero attached hydrogens (tertiary/aromatic N) is 1. The molecule has 3 heteroatoms. The van der Waals surface area contributed by atoms with Gasteiger partial charge in [-0.05, 0) is 61.5 Å². The molecule has 0 radical (unpaired) electrons. The Bertz CT molecular complexity index is 1140. The van der Waals surface area contributed by atoms with Crippen LogP contribution in [0.1, 0.15) is 32.7 Å². The number of aryl methyl sites for hydroxylation is 1. The van der Waals surface area contributed by atoms with Crippen molar-refractivity contribution in [3.8, 4) is 0 Å². The average Bonchev–Trinajstić information content (AvgIpc) is 2.81. The van der Waals surface area contributed by atoms with Gasteiger partial charge in [-0.25, -0.2) is 0 Å². The lowest BCUT2D eigenvalue weighted by atomic mass is 10.00. The molecule has 0 fully saturated rings. The van der Waals surface area contributed by atoms with E-state index in [-0.39, 0.29) is 18.0 Å². The van der Waals surface area contributed by atoms with Crippen molar-refractivity contribution in [2.45, 2.75) is 13.3 Å². The minimum absolute atomic E-state index is 0.135. The molecule has 0 aliphatic rings. The van der Waals surface area contributed by atoms with E-state index in [0.717, 1.165) is 22.6 Å². The Hall–Kier alpha value is -3.98. The second kappa shape index (κ2) is 9.23. The second-order valence-electron chi connectivity index (χ2n) is 7.45. The van der Waals surface area contributed by atoms with Crippen molar-refractivity contribution in [1.82, 2.24) is 0 Å². The number of carbonyl (C=O) groups excluding carboxylic acids is 2. The van der Waals surface area contributed by atoms with Gasteiger partial charge >= 0.3 is 0 Å². The summed E-state index contributed by atoms with van der Waals surface area (Å²) in [5, 5.41) is 0. The van der Waals surface area contributed by atoms with Crippen LogP contribution >= 0.6 is 0 Å². The van der Waals surface area contributed by atoms with Crippen molar-refractivity contribution in [3.63, 3.8) is 0 Å². The Morgan fingerprint density at radius 3 is 1.65 bits per heavy atom. The molecule has 0 saturated heterocycles. The Morgan fingerprint density at radius 2 is 1.10 bits per heavy atom. The summed E-state index contributed by atoms with van der Waals surface area (Å²) in [5.74, 6) is -0.336. The first-order chi connectivity index (χ1) is 15.1. The molecular formula is C28H23NO2. The molecule has 4 aromatic carbocycles. The third-order valence-corrected chi connectivity index (χ3v) is 5.14. The fourth-order valence-electron chi connectivity index (χ4n) is 3.57. The molecule has 0 saturated carbocycles. The number of carbonyl (C=O) groups is 2. The first kappa shape index (κ1) is 20.3. The predicted molar refractivity (Wildman–Crippen MR) is 126 cm³/mol. The number of para-hydroxylation sites is 2. The molecule has 0 aromatic heterocycles. The van der Waals surface area contributed by atoms with Gasteiger partial charge < -0.3 is 4.90 Å². The van der Waals surface area contributed by atoms with E-state index in [4.69, 9.17) is 0 Å². The van der Waals surface area contributed by atoms with Crippen molar-refractivity contribution < 1.29 is 9.59 Å². The van der Waals surface area contributed by atoms with Gasteiger partial charge in [0.25, 0.3) is 0 Å². The van der Waals surface area contributed by atoms with E-state index in [1.165, 1.54) is 0 Å². The van der Waals surface area contributed by atoms with Crippen LogP contribution in [-0.2, 0) is 0 Å². The number of rotatable bonds is 7. The maximum Gasteiger partial charge on any atom is 0.170 e. The van der Waals surface area contributed by atoms with Gasteiger partial charge in [-0.2, -0.15) is 0 Å². The monoisotopic (exact) mass is 405 g/mol. The summed E-state index contributed by atoms with van der Waals surface area (Å²) in [5.41, 5.74) is 5.11.